The second-order valence-electron chi connectivity index (χ2n) is 5.13. The van der Waals surface area contributed by atoms with Gasteiger partial charge in [0.05, 0.1) is 0 Å². The number of hydrogen-bond acceptors (Lipinski definition) is 1. The predicted molar refractivity (Wildman–Crippen MR) is 80.8 cm³/mol. The van der Waals surface area contributed by atoms with Crippen LogP contribution in [0.15, 0.2) is 40.9 Å². The SMILES string of the molecule is Brc1cccc2cc(CN3CCCCC3)ccc12. The van der Waals surface area contributed by atoms with E-state index in [4.69, 9.17) is 0 Å². The van der Waals surface area contributed by atoms with Crippen molar-refractivity contribution in [3.8, 4) is 0 Å². The van der Waals surface area contributed by atoms with Gasteiger partial charge < -0.3 is 0 Å². The Morgan fingerprint density at radius 2 is 1.83 bits per heavy atom. The van der Waals surface area contributed by atoms with Crippen molar-refractivity contribution in [2.45, 2.75) is 25.8 Å². The molecule has 0 spiro atoms. The van der Waals surface area contributed by atoms with Gasteiger partial charge in [0.2, 0.25) is 0 Å². The first-order valence-corrected chi connectivity index (χ1v) is 7.52. The van der Waals surface area contributed by atoms with Crippen LogP contribution in [-0.2, 0) is 6.54 Å². The van der Waals surface area contributed by atoms with Gasteiger partial charge >= 0.3 is 0 Å². The van der Waals surface area contributed by atoms with E-state index in [-0.39, 0.29) is 0 Å². The molecule has 1 saturated heterocycles. The number of piperidine rings is 1. The Balaban J connectivity index is 1.84. The first-order chi connectivity index (χ1) is 8.83. The van der Waals surface area contributed by atoms with Gasteiger partial charge in [-0.05, 0) is 54.4 Å². The lowest BCUT2D eigenvalue weighted by molar-refractivity contribution is 0.221. The highest BCUT2D eigenvalue weighted by Crippen LogP contribution is 2.25. The summed E-state index contributed by atoms with van der Waals surface area (Å²) >= 11 is 3.61. The molecule has 94 valence electrons. The topological polar surface area (TPSA) is 3.24 Å². The van der Waals surface area contributed by atoms with Crippen LogP contribution in [0, 0.1) is 0 Å². The van der Waals surface area contributed by atoms with Crippen molar-refractivity contribution in [2.24, 2.45) is 0 Å². The molecule has 1 heterocycles. The number of rotatable bonds is 2. The third-order valence-corrected chi connectivity index (χ3v) is 4.44. The van der Waals surface area contributed by atoms with Crippen LogP contribution >= 0.6 is 15.9 Å². The normalized spacial score (nSPS) is 17.2. The second-order valence-corrected chi connectivity index (χ2v) is 5.99. The quantitative estimate of drug-likeness (QED) is 0.784. The Morgan fingerprint density at radius 3 is 2.67 bits per heavy atom. The highest BCUT2D eigenvalue weighted by Gasteiger charge is 2.10. The highest BCUT2D eigenvalue weighted by molar-refractivity contribution is 9.10. The standard InChI is InChI=1S/C16H18BrN/c17-16-6-4-5-14-11-13(7-8-15(14)16)12-18-9-2-1-3-10-18/h4-8,11H,1-3,9-10,12H2. The summed E-state index contributed by atoms with van der Waals surface area (Å²) in [5.74, 6) is 0. The molecule has 1 fully saturated rings. The van der Waals surface area contributed by atoms with Crippen molar-refractivity contribution in [3.05, 3.63) is 46.4 Å². The lowest BCUT2D eigenvalue weighted by atomic mass is 10.1. The van der Waals surface area contributed by atoms with Gasteiger partial charge in [-0.15, -0.1) is 0 Å². The molecule has 1 nitrogen and oxygen atoms in total. The summed E-state index contributed by atoms with van der Waals surface area (Å²) in [5.41, 5.74) is 1.43. The van der Waals surface area contributed by atoms with Crippen LogP contribution in [0.3, 0.4) is 0 Å². The molecule has 0 aliphatic carbocycles. The molecule has 0 unspecified atom stereocenters. The summed E-state index contributed by atoms with van der Waals surface area (Å²) in [4.78, 5) is 2.57. The van der Waals surface area contributed by atoms with Crippen molar-refractivity contribution in [1.82, 2.24) is 4.90 Å². The summed E-state index contributed by atoms with van der Waals surface area (Å²) in [5, 5.41) is 2.64. The minimum atomic E-state index is 1.10. The molecule has 0 N–H and O–H groups in total. The van der Waals surface area contributed by atoms with Crippen molar-refractivity contribution < 1.29 is 0 Å². The number of halogens is 1. The summed E-state index contributed by atoms with van der Waals surface area (Å²) < 4.78 is 1.18. The Bertz CT molecular complexity index is 544. The molecule has 1 aliphatic rings. The van der Waals surface area contributed by atoms with Gasteiger partial charge in [-0.25, -0.2) is 0 Å². The first-order valence-electron chi connectivity index (χ1n) is 6.72. The Labute approximate surface area is 117 Å². The van der Waals surface area contributed by atoms with Crippen molar-refractivity contribution in [3.63, 3.8) is 0 Å². The fourth-order valence-electron chi connectivity index (χ4n) is 2.77. The van der Waals surface area contributed by atoms with Crippen LogP contribution in [0.5, 0.6) is 0 Å². The minimum Gasteiger partial charge on any atom is -0.299 e. The molecule has 1 aliphatic heterocycles. The summed E-state index contributed by atoms with van der Waals surface area (Å²) in [6, 6.07) is 13.2. The molecule has 0 radical (unpaired) electrons. The maximum Gasteiger partial charge on any atom is 0.0253 e. The van der Waals surface area contributed by atoms with Crippen LogP contribution in [-0.4, -0.2) is 18.0 Å². The fraction of sp³-hybridized carbons (Fsp3) is 0.375. The molecule has 0 atom stereocenters. The van der Waals surface area contributed by atoms with E-state index in [1.54, 1.807) is 0 Å². The maximum absolute atomic E-state index is 3.61. The van der Waals surface area contributed by atoms with E-state index in [1.165, 1.54) is 53.2 Å². The molecule has 0 saturated carbocycles. The van der Waals surface area contributed by atoms with E-state index >= 15 is 0 Å². The lowest BCUT2D eigenvalue weighted by Gasteiger charge is -2.26. The largest absolute Gasteiger partial charge is 0.299 e. The van der Waals surface area contributed by atoms with Crippen molar-refractivity contribution in [1.29, 1.82) is 0 Å². The number of benzene rings is 2. The zero-order valence-corrected chi connectivity index (χ0v) is 12.1. The summed E-state index contributed by atoms with van der Waals surface area (Å²) in [6.45, 7) is 3.62. The van der Waals surface area contributed by atoms with Crippen LogP contribution < -0.4 is 0 Å². The van der Waals surface area contributed by atoms with Gasteiger partial charge in [-0.1, -0.05) is 46.6 Å². The smallest absolute Gasteiger partial charge is 0.0253 e. The van der Waals surface area contributed by atoms with E-state index in [0.29, 0.717) is 0 Å². The molecule has 18 heavy (non-hydrogen) atoms. The van der Waals surface area contributed by atoms with Gasteiger partial charge in [0.15, 0.2) is 0 Å². The third-order valence-electron chi connectivity index (χ3n) is 3.75. The molecule has 2 aromatic rings. The highest BCUT2D eigenvalue weighted by atomic mass is 79.9. The molecule has 0 amide bonds. The number of nitrogens with zero attached hydrogens (tertiary/aromatic N) is 1. The van der Waals surface area contributed by atoms with Gasteiger partial charge in [-0.2, -0.15) is 0 Å². The van der Waals surface area contributed by atoms with E-state index in [2.05, 4.69) is 57.2 Å². The van der Waals surface area contributed by atoms with E-state index in [0.717, 1.165) is 6.54 Å². The third kappa shape index (κ3) is 2.60. The van der Waals surface area contributed by atoms with Crippen LogP contribution in [0.2, 0.25) is 0 Å². The van der Waals surface area contributed by atoms with E-state index < -0.39 is 0 Å². The molecule has 2 heteroatoms. The zero-order valence-electron chi connectivity index (χ0n) is 10.5. The molecule has 2 aromatic carbocycles. The minimum absolute atomic E-state index is 1.10. The average Bonchev–Trinajstić information content (AvgIpc) is 2.40. The summed E-state index contributed by atoms with van der Waals surface area (Å²) in [7, 11) is 0. The van der Waals surface area contributed by atoms with Crippen molar-refractivity contribution >= 4 is 26.7 Å². The number of hydrogen-bond donors (Lipinski definition) is 0. The van der Waals surface area contributed by atoms with E-state index in [9.17, 15) is 0 Å². The van der Waals surface area contributed by atoms with Crippen LogP contribution in [0.1, 0.15) is 24.8 Å². The van der Waals surface area contributed by atoms with Gasteiger partial charge in [0, 0.05) is 11.0 Å². The monoisotopic (exact) mass is 303 g/mol. The molecular weight excluding hydrogens is 286 g/mol. The van der Waals surface area contributed by atoms with Gasteiger partial charge in [0.1, 0.15) is 0 Å². The number of likely N-dealkylation sites (tertiary alicyclic amines) is 1. The van der Waals surface area contributed by atoms with Crippen molar-refractivity contribution in [2.75, 3.05) is 13.1 Å². The molecule has 0 bridgehead atoms. The zero-order chi connectivity index (χ0) is 12.4. The lowest BCUT2D eigenvalue weighted by Crippen LogP contribution is -2.29. The first kappa shape index (κ1) is 12.2. The maximum atomic E-state index is 3.61. The van der Waals surface area contributed by atoms with Gasteiger partial charge in [0.25, 0.3) is 0 Å². The predicted octanol–water partition coefficient (Wildman–Crippen LogP) is 4.59. The second kappa shape index (κ2) is 5.41. The Hall–Kier alpha value is -0.860. The van der Waals surface area contributed by atoms with Gasteiger partial charge in [-0.3, -0.25) is 4.90 Å². The fourth-order valence-corrected chi connectivity index (χ4v) is 3.28. The summed E-state index contributed by atoms with van der Waals surface area (Å²) in [6.07, 6.45) is 4.12. The molecule has 3 rings (SSSR count). The molecule has 0 aromatic heterocycles. The van der Waals surface area contributed by atoms with E-state index in [1.807, 2.05) is 0 Å². The van der Waals surface area contributed by atoms with Crippen LogP contribution in [0.25, 0.3) is 10.8 Å². The van der Waals surface area contributed by atoms with Crippen LogP contribution in [0.4, 0.5) is 0 Å². The average molecular weight is 304 g/mol. The number of fused-ring (bicyclic) bond motifs is 1. The Kier molecular flexibility index (Phi) is 3.67. The molecular formula is C16H18BrN. The Morgan fingerprint density at radius 1 is 1.00 bits per heavy atom.